The number of rotatable bonds is 4. The number of nitro groups is 1. The lowest BCUT2D eigenvalue weighted by molar-refractivity contribution is -0.390. The van der Waals surface area contributed by atoms with Gasteiger partial charge in [0.25, 0.3) is 0 Å². The van der Waals surface area contributed by atoms with Crippen molar-refractivity contribution in [1.29, 1.82) is 0 Å². The van der Waals surface area contributed by atoms with Crippen molar-refractivity contribution in [1.82, 2.24) is 0 Å². The van der Waals surface area contributed by atoms with Crippen LogP contribution in [-0.2, 0) is 9.84 Å². The normalized spacial score (nSPS) is 11.3. The Bertz CT molecular complexity index is 788. The Morgan fingerprint density at radius 1 is 1.14 bits per heavy atom. The second-order valence-electron chi connectivity index (χ2n) is 4.19. The zero-order chi connectivity index (χ0) is 15.6. The maximum Gasteiger partial charge on any atom is 0.301 e. The molecule has 0 radical (unpaired) electrons. The Morgan fingerprint density at radius 3 is 2.29 bits per heavy atom. The maximum absolute atomic E-state index is 12.9. The summed E-state index contributed by atoms with van der Waals surface area (Å²) in [5.74, 6) is -0.418. The van der Waals surface area contributed by atoms with Crippen LogP contribution in [0.3, 0.4) is 0 Å². The SMILES string of the molecule is CS(=O)(=O)c1cccc(Sc2ccc(F)cc2)c1[N+](=O)[O-]. The van der Waals surface area contributed by atoms with Gasteiger partial charge in [0.05, 0.1) is 9.82 Å². The van der Waals surface area contributed by atoms with Crippen LogP contribution < -0.4 is 0 Å². The van der Waals surface area contributed by atoms with Crippen LogP contribution in [0, 0.1) is 15.9 Å². The fourth-order valence-corrected chi connectivity index (χ4v) is 3.57. The minimum absolute atomic E-state index is 0.189. The fraction of sp³-hybridized carbons (Fsp3) is 0.0769. The Kier molecular flexibility index (Phi) is 4.29. The summed E-state index contributed by atoms with van der Waals surface area (Å²) < 4.78 is 36.1. The van der Waals surface area contributed by atoms with E-state index in [0.717, 1.165) is 18.0 Å². The van der Waals surface area contributed by atoms with Crippen LogP contribution in [0.5, 0.6) is 0 Å². The minimum Gasteiger partial charge on any atom is -0.258 e. The lowest BCUT2D eigenvalue weighted by atomic mass is 10.3. The van der Waals surface area contributed by atoms with E-state index in [4.69, 9.17) is 0 Å². The Labute approximate surface area is 124 Å². The molecular formula is C13H10FNO4S2. The topological polar surface area (TPSA) is 77.3 Å². The molecule has 2 aromatic rings. The summed E-state index contributed by atoms with van der Waals surface area (Å²) in [5, 5.41) is 11.2. The first kappa shape index (κ1) is 15.5. The molecule has 0 saturated heterocycles. The average molecular weight is 327 g/mol. The predicted molar refractivity (Wildman–Crippen MR) is 76.7 cm³/mol. The molecule has 0 amide bonds. The molecule has 0 fully saturated rings. The molecule has 0 spiro atoms. The molecule has 0 aliphatic heterocycles. The number of nitrogens with zero attached hydrogens (tertiary/aromatic N) is 1. The first-order valence-electron chi connectivity index (χ1n) is 5.70. The highest BCUT2D eigenvalue weighted by atomic mass is 32.2. The quantitative estimate of drug-likeness (QED) is 0.636. The molecule has 0 aliphatic carbocycles. The molecule has 0 aromatic heterocycles. The third kappa shape index (κ3) is 3.59. The van der Waals surface area contributed by atoms with Gasteiger partial charge >= 0.3 is 5.69 Å². The molecule has 0 bridgehead atoms. The molecule has 110 valence electrons. The van der Waals surface area contributed by atoms with Gasteiger partial charge in [0.15, 0.2) is 9.84 Å². The number of hydrogen-bond acceptors (Lipinski definition) is 5. The number of halogens is 1. The van der Waals surface area contributed by atoms with Crippen molar-refractivity contribution in [3.63, 3.8) is 0 Å². The second kappa shape index (κ2) is 5.82. The van der Waals surface area contributed by atoms with E-state index in [-0.39, 0.29) is 9.79 Å². The van der Waals surface area contributed by atoms with E-state index < -0.39 is 26.3 Å². The molecule has 0 atom stereocenters. The summed E-state index contributed by atoms with van der Waals surface area (Å²) >= 11 is 1.01. The van der Waals surface area contributed by atoms with E-state index in [0.29, 0.717) is 4.90 Å². The maximum atomic E-state index is 12.9. The van der Waals surface area contributed by atoms with Crippen LogP contribution in [0.2, 0.25) is 0 Å². The third-order valence-electron chi connectivity index (χ3n) is 2.59. The Morgan fingerprint density at radius 2 is 1.76 bits per heavy atom. The van der Waals surface area contributed by atoms with E-state index in [2.05, 4.69) is 0 Å². The first-order valence-corrected chi connectivity index (χ1v) is 8.40. The van der Waals surface area contributed by atoms with Gasteiger partial charge in [-0.15, -0.1) is 0 Å². The van der Waals surface area contributed by atoms with E-state index >= 15 is 0 Å². The van der Waals surface area contributed by atoms with E-state index in [1.165, 1.54) is 42.5 Å². The molecule has 8 heteroatoms. The molecule has 0 heterocycles. The molecule has 2 rings (SSSR count). The highest BCUT2D eigenvalue weighted by Gasteiger charge is 2.26. The number of nitro benzene ring substituents is 1. The van der Waals surface area contributed by atoms with Crippen molar-refractivity contribution in [2.24, 2.45) is 0 Å². The number of para-hydroxylation sites is 1. The van der Waals surface area contributed by atoms with Gasteiger partial charge < -0.3 is 0 Å². The zero-order valence-corrected chi connectivity index (χ0v) is 12.4. The molecule has 0 saturated carbocycles. The van der Waals surface area contributed by atoms with Gasteiger partial charge in [-0.2, -0.15) is 0 Å². The molecule has 0 N–H and O–H groups in total. The van der Waals surface area contributed by atoms with Crippen molar-refractivity contribution in [2.45, 2.75) is 14.7 Å². The molecule has 0 aliphatic rings. The first-order chi connectivity index (χ1) is 9.79. The van der Waals surface area contributed by atoms with Crippen LogP contribution in [0.4, 0.5) is 10.1 Å². The van der Waals surface area contributed by atoms with E-state index in [1.54, 1.807) is 0 Å². The standard InChI is InChI=1S/C13H10FNO4S2/c1-21(18,19)12-4-2-3-11(13(12)15(16)17)20-10-7-5-9(14)6-8-10/h2-8H,1H3. The van der Waals surface area contributed by atoms with Gasteiger partial charge in [0, 0.05) is 11.2 Å². The van der Waals surface area contributed by atoms with E-state index in [1.807, 2.05) is 0 Å². The number of sulfone groups is 1. The van der Waals surface area contributed by atoms with Crippen LogP contribution in [-0.4, -0.2) is 19.6 Å². The van der Waals surface area contributed by atoms with Crippen molar-refractivity contribution in [3.05, 3.63) is 58.4 Å². The lowest BCUT2D eigenvalue weighted by Gasteiger charge is -2.06. The van der Waals surface area contributed by atoms with Crippen molar-refractivity contribution < 1.29 is 17.7 Å². The fourth-order valence-electron chi connectivity index (χ4n) is 1.69. The zero-order valence-electron chi connectivity index (χ0n) is 10.8. The van der Waals surface area contributed by atoms with Gasteiger partial charge in [0.2, 0.25) is 0 Å². The van der Waals surface area contributed by atoms with Gasteiger partial charge in [-0.3, -0.25) is 10.1 Å². The summed E-state index contributed by atoms with van der Waals surface area (Å²) in [4.78, 5) is 10.9. The van der Waals surface area contributed by atoms with Crippen LogP contribution in [0.1, 0.15) is 0 Å². The van der Waals surface area contributed by atoms with Crippen LogP contribution >= 0.6 is 11.8 Å². The summed E-state index contributed by atoms with van der Waals surface area (Å²) in [5.41, 5.74) is -0.464. The summed E-state index contributed by atoms with van der Waals surface area (Å²) in [6.07, 6.45) is 0.918. The van der Waals surface area contributed by atoms with Crippen molar-refractivity contribution >= 4 is 27.3 Å². The predicted octanol–water partition coefficient (Wildman–Crippen LogP) is 3.29. The smallest absolute Gasteiger partial charge is 0.258 e. The molecular weight excluding hydrogens is 317 g/mol. The highest BCUT2D eigenvalue weighted by molar-refractivity contribution is 7.99. The van der Waals surface area contributed by atoms with Gasteiger partial charge in [-0.25, -0.2) is 12.8 Å². The molecule has 21 heavy (non-hydrogen) atoms. The summed E-state index contributed by atoms with van der Waals surface area (Å²) in [7, 11) is -3.71. The Hall–Kier alpha value is -1.93. The largest absolute Gasteiger partial charge is 0.301 e. The lowest BCUT2D eigenvalue weighted by Crippen LogP contribution is -2.03. The summed E-state index contributed by atoms with van der Waals surface area (Å²) in [6, 6.07) is 9.50. The van der Waals surface area contributed by atoms with Crippen LogP contribution in [0.15, 0.2) is 57.2 Å². The van der Waals surface area contributed by atoms with Gasteiger partial charge in [-0.1, -0.05) is 17.8 Å². The molecule has 2 aromatic carbocycles. The van der Waals surface area contributed by atoms with Crippen molar-refractivity contribution in [3.8, 4) is 0 Å². The third-order valence-corrected chi connectivity index (χ3v) is 4.77. The molecule has 0 unspecified atom stereocenters. The van der Waals surface area contributed by atoms with Crippen LogP contribution in [0.25, 0.3) is 0 Å². The van der Waals surface area contributed by atoms with Crippen molar-refractivity contribution in [2.75, 3.05) is 6.26 Å². The number of hydrogen-bond donors (Lipinski definition) is 0. The monoisotopic (exact) mass is 327 g/mol. The average Bonchev–Trinajstić information content (AvgIpc) is 2.40. The van der Waals surface area contributed by atoms with E-state index in [9.17, 15) is 22.9 Å². The number of benzene rings is 2. The second-order valence-corrected chi connectivity index (χ2v) is 7.29. The Balaban J connectivity index is 2.54. The minimum atomic E-state index is -3.71. The van der Waals surface area contributed by atoms with Gasteiger partial charge in [0.1, 0.15) is 10.7 Å². The molecule has 5 nitrogen and oxygen atoms in total. The van der Waals surface area contributed by atoms with Gasteiger partial charge in [-0.05, 0) is 36.4 Å². The summed E-state index contributed by atoms with van der Waals surface area (Å²) in [6.45, 7) is 0. The highest BCUT2D eigenvalue weighted by Crippen LogP contribution is 2.38.